The fraction of sp³-hybridized carbons (Fsp3) is 0.704. The third-order valence-corrected chi connectivity index (χ3v) is 5.77. The van der Waals surface area contributed by atoms with Gasteiger partial charge in [0, 0.05) is 18.9 Å². The van der Waals surface area contributed by atoms with E-state index in [1.54, 1.807) is 18.2 Å². The van der Waals surface area contributed by atoms with E-state index in [0.717, 1.165) is 31.2 Å². The number of benzene rings is 1. The van der Waals surface area contributed by atoms with Crippen LogP contribution in [0, 0.1) is 18.8 Å². The summed E-state index contributed by atoms with van der Waals surface area (Å²) in [5.41, 5.74) is 0.897. The van der Waals surface area contributed by atoms with Crippen molar-refractivity contribution in [2.24, 2.45) is 11.8 Å². The van der Waals surface area contributed by atoms with Crippen LogP contribution >= 0.6 is 0 Å². The van der Waals surface area contributed by atoms with Gasteiger partial charge in [-0.2, -0.15) is 0 Å². The summed E-state index contributed by atoms with van der Waals surface area (Å²) in [6, 6.07) is 5.24. The van der Waals surface area contributed by atoms with Gasteiger partial charge < -0.3 is 9.47 Å². The molecule has 0 aliphatic carbocycles. The van der Waals surface area contributed by atoms with Crippen molar-refractivity contribution in [1.29, 1.82) is 0 Å². The highest BCUT2D eigenvalue weighted by atomic mass is 16.5. The van der Waals surface area contributed by atoms with Crippen LogP contribution in [0.5, 0.6) is 11.5 Å². The van der Waals surface area contributed by atoms with Crippen molar-refractivity contribution in [2.75, 3.05) is 0 Å². The smallest absolute Gasteiger partial charge is 0.311 e. The molecule has 1 aromatic carbocycles. The van der Waals surface area contributed by atoms with Gasteiger partial charge in [0.25, 0.3) is 0 Å². The van der Waals surface area contributed by atoms with Crippen molar-refractivity contribution >= 4 is 11.9 Å². The van der Waals surface area contributed by atoms with E-state index in [1.165, 1.54) is 38.5 Å². The van der Waals surface area contributed by atoms with Gasteiger partial charge in [0.1, 0.15) is 11.5 Å². The fourth-order valence-electron chi connectivity index (χ4n) is 3.70. The molecule has 1 aromatic rings. The minimum atomic E-state index is -0.230. The number of hydrogen-bond acceptors (Lipinski definition) is 4. The van der Waals surface area contributed by atoms with Crippen LogP contribution in [0.3, 0.4) is 0 Å². The maximum absolute atomic E-state index is 12.2. The first-order valence-corrected chi connectivity index (χ1v) is 12.4. The molecule has 0 aliphatic rings. The van der Waals surface area contributed by atoms with Crippen LogP contribution in [0.4, 0.5) is 0 Å². The van der Waals surface area contributed by atoms with Gasteiger partial charge in [-0.25, -0.2) is 0 Å². The highest BCUT2D eigenvalue weighted by molar-refractivity contribution is 5.74. The van der Waals surface area contributed by atoms with Gasteiger partial charge in [-0.15, -0.1) is 0 Å². The van der Waals surface area contributed by atoms with Crippen LogP contribution in [0.2, 0.25) is 0 Å². The summed E-state index contributed by atoms with van der Waals surface area (Å²) >= 11 is 0. The monoisotopic (exact) mass is 432 g/mol. The Bertz CT molecular complexity index is 600. The lowest BCUT2D eigenvalue weighted by Gasteiger charge is -2.12. The lowest BCUT2D eigenvalue weighted by Crippen LogP contribution is -2.12. The second kappa shape index (κ2) is 15.9. The number of rotatable bonds is 16. The maximum atomic E-state index is 12.2. The number of aryl methyl sites for hydroxylation is 1. The minimum Gasteiger partial charge on any atom is -0.426 e. The molecule has 0 saturated heterocycles. The fourth-order valence-corrected chi connectivity index (χ4v) is 3.70. The van der Waals surface area contributed by atoms with Crippen LogP contribution in [0.15, 0.2) is 18.2 Å². The van der Waals surface area contributed by atoms with Gasteiger partial charge in [-0.05, 0) is 49.3 Å². The highest BCUT2D eigenvalue weighted by Gasteiger charge is 2.13. The number of esters is 2. The van der Waals surface area contributed by atoms with Crippen LogP contribution in [-0.4, -0.2) is 11.9 Å². The normalized spacial score (nSPS) is 12.9. The molecule has 31 heavy (non-hydrogen) atoms. The summed E-state index contributed by atoms with van der Waals surface area (Å²) in [4.78, 5) is 24.5. The largest absolute Gasteiger partial charge is 0.426 e. The Kier molecular flexibility index (Phi) is 13.9. The molecule has 0 aliphatic heterocycles. The summed E-state index contributed by atoms with van der Waals surface area (Å²) in [5.74, 6) is 1.48. The SMILES string of the molecule is CCCCCC(C)CCC(=O)Oc1cc(C)cc(OC(=O)CCC(C)CCCCC)c1. The summed E-state index contributed by atoms with van der Waals surface area (Å²) in [5, 5.41) is 0. The number of carbonyl (C=O) groups is 2. The molecule has 2 atom stereocenters. The molecule has 0 heterocycles. The second-order valence-corrected chi connectivity index (χ2v) is 9.21. The van der Waals surface area contributed by atoms with Gasteiger partial charge in [-0.1, -0.05) is 79.1 Å². The topological polar surface area (TPSA) is 52.6 Å². The molecule has 0 fully saturated rings. The number of ether oxygens (including phenoxy) is 2. The maximum Gasteiger partial charge on any atom is 0.311 e. The molecular weight excluding hydrogens is 388 g/mol. The Labute approximate surface area is 190 Å². The Morgan fingerprint density at radius 1 is 0.710 bits per heavy atom. The zero-order chi connectivity index (χ0) is 23.1. The number of unbranched alkanes of at least 4 members (excludes halogenated alkanes) is 4. The quantitative estimate of drug-likeness (QED) is 0.152. The number of carbonyl (C=O) groups excluding carboxylic acids is 2. The number of hydrogen-bond donors (Lipinski definition) is 0. The third-order valence-electron chi connectivity index (χ3n) is 5.77. The zero-order valence-corrected chi connectivity index (χ0v) is 20.5. The molecular formula is C27H44O4. The van der Waals surface area contributed by atoms with Crippen LogP contribution < -0.4 is 9.47 Å². The molecule has 4 nitrogen and oxygen atoms in total. The molecule has 0 saturated carbocycles. The Balaban J connectivity index is 2.46. The molecule has 0 aromatic heterocycles. The zero-order valence-electron chi connectivity index (χ0n) is 20.5. The molecule has 0 radical (unpaired) electrons. The predicted octanol–water partition coefficient (Wildman–Crippen LogP) is 7.80. The van der Waals surface area contributed by atoms with Gasteiger partial charge in [0.15, 0.2) is 0 Å². The summed E-state index contributed by atoms with van der Waals surface area (Å²) in [6.07, 6.45) is 12.2. The van der Waals surface area contributed by atoms with Crippen LogP contribution in [0.25, 0.3) is 0 Å². The Morgan fingerprint density at radius 3 is 1.52 bits per heavy atom. The van der Waals surface area contributed by atoms with E-state index in [-0.39, 0.29) is 11.9 Å². The van der Waals surface area contributed by atoms with E-state index in [4.69, 9.17) is 9.47 Å². The molecule has 176 valence electrons. The molecule has 4 heteroatoms. The van der Waals surface area contributed by atoms with Gasteiger partial charge in [0.05, 0.1) is 0 Å². The van der Waals surface area contributed by atoms with Gasteiger partial charge in [0.2, 0.25) is 0 Å². The van der Waals surface area contributed by atoms with E-state index in [0.29, 0.717) is 36.2 Å². The molecule has 2 unspecified atom stereocenters. The third kappa shape index (κ3) is 13.2. The van der Waals surface area contributed by atoms with Crippen molar-refractivity contribution in [2.45, 2.75) is 112 Å². The van der Waals surface area contributed by atoms with Gasteiger partial charge >= 0.3 is 11.9 Å². The summed E-state index contributed by atoms with van der Waals surface area (Å²) < 4.78 is 11.0. The Hall–Kier alpha value is -1.84. The average Bonchev–Trinajstić information content (AvgIpc) is 2.70. The first kappa shape index (κ1) is 27.2. The first-order valence-electron chi connectivity index (χ1n) is 12.4. The second-order valence-electron chi connectivity index (χ2n) is 9.21. The van der Waals surface area contributed by atoms with E-state index in [2.05, 4.69) is 27.7 Å². The molecule has 1 rings (SSSR count). The first-order chi connectivity index (χ1) is 14.8. The lowest BCUT2D eigenvalue weighted by atomic mass is 9.98. The van der Waals surface area contributed by atoms with Crippen molar-refractivity contribution in [3.8, 4) is 11.5 Å². The molecule has 0 N–H and O–H groups in total. The van der Waals surface area contributed by atoms with Crippen molar-refractivity contribution in [3.05, 3.63) is 23.8 Å². The van der Waals surface area contributed by atoms with E-state index >= 15 is 0 Å². The Morgan fingerprint density at radius 2 is 1.13 bits per heavy atom. The van der Waals surface area contributed by atoms with E-state index in [9.17, 15) is 9.59 Å². The van der Waals surface area contributed by atoms with Gasteiger partial charge in [-0.3, -0.25) is 9.59 Å². The molecule has 0 spiro atoms. The highest BCUT2D eigenvalue weighted by Crippen LogP contribution is 2.25. The van der Waals surface area contributed by atoms with Crippen molar-refractivity contribution in [3.63, 3.8) is 0 Å². The summed E-state index contributed by atoms with van der Waals surface area (Å²) in [7, 11) is 0. The standard InChI is InChI=1S/C27H44O4/c1-6-8-10-12-21(3)14-16-26(28)30-24-18-23(5)19-25(20-24)31-27(29)17-15-22(4)13-11-9-7-2/h18-22H,6-17H2,1-5H3. The van der Waals surface area contributed by atoms with Crippen LogP contribution in [0.1, 0.15) is 110 Å². The van der Waals surface area contributed by atoms with E-state index in [1.807, 2.05) is 6.92 Å². The van der Waals surface area contributed by atoms with Crippen molar-refractivity contribution in [1.82, 2.24) is 0 Å². The van der Waals surface area contributed by atoms with Crippen LogP contribution in [-0.2, 0) is 9.59 Å². The van der Waals surface area contributed by atoms with E-state index < -0.39 is 0 Å². The molecule has 0 bridgehead atoms. The molecule has 0 amide bonds. The van der Waals surface area contributed by atoms with Crippen molar-refractivity contribution < 1.29 is 19.1 Å². The minimum absolute atomic E-state index is 0.230. The lowest BCUT2D eigenvalue weighted by molar-refractivity contribution is -0.135. The predicted molar refractivity (Wildman–Crippen MR) is 128 cm³/mol. The average molecular weight is 433 g/mol. The summed E-state index contributed by atoms with van der Waals surface area (Å²) in [6.45, 7) is 10.7.